The third-order valence-electron chi connectivity index (χ3n) is 4.80. The van der Waals surface area contributed by atoms with Gasteiger partial charge in [0.1, 0.15) is 30.8 Å². The van der Waals surface area contributed by atoms with Crippen LogP contribution < -0.4 is 19.5 Å². The number of hydrogen-bond acceptors (Lipinski definition) is 9. The fraction of sp³-hybridized carbons (Fsp3) is 0.333. The third-order valence-corrected chi connectivity index (χ3v) is 6.24. The molecule has 188 valence electrons. The van der Waals surface area contributed by atoms with Gasteiger partial charge in [0.2, 0.25) is 10.0 Å². The summed E-state index contributed by atoms with van der Waals surface area (Å²) in [6, 6.07) is 5.18. The maximum Gasteiger partial charge on any atom is 0.324 e. The predicted molar refractivity (Wildman–Crippen MR) is 119 cm³/mol. The van der Waals surface area contributed by atoms with Crippen LogP contribution in [0.25, 0.3) is 0 Å². The Morgan fingerprint density at radius 3 is 2.49 bits per heavy atom. The molecule has 14 heteroatoms. The Balaban J connectivity index is 1.66. The van der Waals surface area contributed by atoms with Gasteiger partial charge in [-0.3, -0.25) is 19.7 Å². The average molecular weight is 511 g/mol. The molecule has 1 unspecified atom stereocenters. The topological polar surface area (TPSA) is 163 Å². The van der Waals surface area contributed by atoms with E-state index in [9.17, 15) is 32.5 Å². The van der Waals surface area contributed by atoms with Gasteiger partial charge in [0, 0.05) is 6.07 Å². The Morgan fingerprint density at radius 1 is 1.14 bits per heavy atom. The van der Waals surface area contributed by atoms with Crippen molar-refractivity contribution in [1.82, 2.24) is 4.72 Å². The molecular formula is C21H22FN3O9S. The summed E-state index contributed by atoms with van der Waals surface area (Å²) in [5, 5.41) is 13.2. The molecule has 1 atom stereocenters. The van der Waals surface area contributed by atoms with E-state index >= 15 is 0 Å². The number of nitro groups is 1. The number of amides is 1. The lowest BCUT2D eigenvalue weighted by Crippen LogP contribution is -2.45. The summed E-state index contributed by atoms with van der Waals surface area (Å²) >= 11 is 0. The number of esters is 1. The van der Waals surface area contributed by atoms with Crippen molar-refractivity contribution in [3.05, 3.63) is 52.3 Å². The number of halogens is 1. The molecule has 0 radical (unpaired) electrons. The SMILES string of the molecule is CC(C)C(NS(=O)(=O)c1ccc2c(c1)OCCO2)C(=O)OCC(=O)Nc1ccc(F)cc1[N+](=O)[O-]. The smallest absolute Gasteiger partial charge is 0.324 e. The molecule has 12 nitrogen and oxygen atoms in total. The molecule has 0 spiro atoms. The second-order valence-electron chi connectivity index (χ2n) is 7.72. The number of ether oxygens (including phenoxy) is 3. The molecule has 35 heavy (non-hydrogen) atoms. The minimum Gasteiger partial charge on any atom is -0.486 e. The summed E-state index contributed by atoms with van der Waals surface area (Å²) in [5.74, 6) is -2.77. The molecular weight excluding hydrogens is 489 g/mol. The van der Waals surface area contributed by atoms with Gasteiger partial charge in [-0.05, 0) is 30.2 Å². The van der Waals surface area contributed by atoms with E-state index in [4.69, 9.17) is 14.2 Å². The number of benzene rings is 2. The van der Waals surface area contributed by atoms with Gasteiger partial charge >= 0.3 is 5.97 Å². The number of carbonyl (C=O) groups excluding carboxylic acids is 2. The Morgan fingerprint density at radius 2 is 1.83 bits per heavy atom. The van der Waals surface area contributed by atoms with Gasteiger partial charge in [-0.1, -0.05) is 13.8 Å². The highest BCUT2D eigenvalue weighted by molar-refractivity contribution is 7.89. The van der Waals surface area contributed by atoms with Crippen LogP contribution in [-0.4, -0.2) is 51.1 Å². The minimum absolute atomic E-state index is 0.165. The molecule has 3 rings (SSSR count). The van der Waals surface area contributed by atoms with Crippen molar-refractivity contribution < 1.29 is 41.5 Å². The standard InChI is InChI=1S/C21H22FN3O9S/c1-12(2)20(24-35(30,31)14-4-6-17-18(10-14)33-8-7-32-17)21(27)34-11-19(26)23-15-5-3-13(22)9-16(15)25(28)29/h3-6,9-10,12,20,24H,7-8,11H2,1-2H3,(H,23,26). The molecule has 0 fully saturated rings. The van der Waals surface area contributed by atoms with Crippen molar-refractivity contribution in [1.29, 1.82) is 0 Å². The van der Waals surface area contributed by atoms with E-state index in [0.29, 0.717) is 18.4 Å². The van der Waals surface area contributed by atoms with Crippen molar-refractivity contribution >= 4 is 33.3 Å². The van der Waals surface area contributed by atoms with Crippen LogP contribution >= 0.6 is 0 Å². The van der Waals surface area contributed by atoms with Crippen molar-refractivity contribution in [3.63, 3.8) is 0 Å². The van der Waals surface area contributed by atoms with Crippen LogP contribution in [0.15, 0.2) is 41.3 Å². The molecule has 2 N–H and O–H groups in total. The number of nitro benzene ring substituents is 1. The van der Waals surface area contributed by atoms with E-state index in [2.05, 4.69) is 10.0 Å². The summed E-state index contributed by atoms with van der Waals surface area (Å²) in [5.41, 5.74) is -0.978. The zero-order chi connectivity index (χ0) is 25.8. The van der Waals surface area contributed by atoms with Crippen LogP contribution in [0, 0.1) is 21.8 Å². The Bertz CT molecular complexity index is 1250. The molecule has 0 aromatic heterocycles. The summed E-state index contributed by atoms with van der Waals surface area (Å²) < 4.78 is 56.9. The quantitative estimate of drug-likeness (QED) is 0.291. The first-order valence-electron chi connectivity index (χ1n) is 10.3. The van der Waals surface area contributed by atoms with Gasteiger partial charge < -0.3 is 19.5 Å². The highest BCUT2D eigenvalue weighted by Gasteiger charge is 2.31. The summed E-state index contributed by atoms with van der Waals surface area (Å²) in [4.78, 5) is 34.7. The zero-order valence-electron chi connectivity index (χ0n) is 18.6. The number of nitrogens with one attached hydrogen (secondary N) is 2. The number of fused-ring (bicyclic) bond motifs is 1. The van der Waals surface area contributed by atoms with E-state index in [1.165, 1.54) is 18.2 Å². The van der Waals surface area contributed by atoms with Gasteiger partial charge in [0.05, 0.1) is 15.9 Å². The first-order chi connectivity index (χ1) is 16.5. The first kappa shape index (κ1) is 25.8. The fourth-order valence-electron chi connectivity index (χ4n) is 3.06. The third kappa shape index (κ3) is 6.42. The molecule has 0 bridgehead atoms. The van der Waals surface area contributed by atoms with E-state index < -0.39 is 56.9 Å². The molecule has 2 aromatic carbocycles. The van der Waals surface area contributed by atoms with Crippen LogP contribution in [-0.2, 0) is 24.3 Å². The number of rotatable bonds is 9. The van der Waals surface area contributed by atoms with E-state index in [0.717, 1.165) is 12.1 Å². The van der Waals surface area contributed by atoms with Gasteiger partial charge in [-0.25, -0.2) is 12.8 Å². The van der Waals surface area contributed by atoms with E-state index in [1.54, 1.807) is 13.8 Å². The van der Waals surface area contributed by atoms with E-state index in [1.807, 2.05) is 0 Å². The average Bonchev–Trinajstić information content (AvgIpc) is 2.81. The molecule has 1 aliphatic rings. The summed E-state index contributed by atoms with van der Waals surface area (Å²) in [7, 11) is -4.19. The second-order valence-corrected chi connectivity index (χ2v) is 9.44. The predicted octanol–water partition coefficient (Wildman–Crippen LogP) is 1.99. The molecule has 0 saturated heterocycles. The van der Waals surface area contributed by atoms with Crippen LogP contribution in [0.3, 0.4) is 0 Å². The molecule has 0 saturated carbocycles. The van der Waals surface area contributed by atoms with Crippen molar-refractivity contribution in [2.24, 2.45) is 5.92 Å². The lowest BCUT2D eigenvalue weighted by molar-refractivity contribution is -0.384. The maximum absolute atomic E-state index is 13.2. The molecule has 0 aliphatic carbocycles. The summed E-state index contributed by atoms with van der Waals surface area (Å²) in [6.07, 6.45) is 0. The Labute approximate surface area is 199 Å². The lowest BCUT2D eigenvalue weighted by atomic mass is 10.1. The van der Waals surface area contributed by atoms with Gasteiger partial charge in [0.25, 0.3) is 11.6 Å². The number of sulfonamides is 1. The monoisotopic (exact) mass is 511 g/mol. The van der Waals surface area contributed by atoms with Gasteiger partial charge in [-0.2, -0.15) is 4.72 Å². The highest BCUT2D eigenvalue weighted by Crippen LogP contribution is 2.32. The molecule has 1 amide bonds. The van der Waals surface area contributed by atoms with Gasteiger partial charge in [0.15, 0.2) is 18.1 Å². The van der Waals surface area contributed by atoms with Gasteiger partial charge in [-0.15, -0.1) is 0 Å². The number of anilines is 1. The van der Waals surface area contributed by atoms with Crippen LogP contribution in [0.5, 0.6) is 11.5 Å². The largest absolute Gasteiger partial charge is 0.486 e. The Hall–Kier alpha value is -3.78. The molecule has 1 aliphatic heterocycles. The van der Waals surface area contributed by atoms with Crippen LogP contribution in [0.1, 0.15) is 13.8 Å². The van der Waals surface area contributed by atoms with Crippen molar-refractivity contribution in [2.75, 3.05) is 25.1 Å². The van der Waals surface area contributed by atoms with Crippen molar-refractivity contribution in [2.45, 2.75) is 24.8 Å². The number of hydrogen-bond donors (Lipinski definition) is 2. The summed E-state index contributed by atoms with van der Waals surface area (Å²) in [6.45, 7) is 2.87. The lowest BCUT2D eigenvalue weighted by Gasteiger charge is -2.22. The van der Waals surface area contributed by atoms with Crippen LogP contribution in [0.4, 0.5) is 15.8 Å². The van der Waals surface area contributed by atoms with Crippen LogP contribution in [0.2, 0.25) is 0 Å². The zero-order valence-corrected chi connectivity index (χ0v) is 19.5. The second kappa shape index (κ2) is 10.7. The number of carbonyl (C=O) groups is 2. The first-order valence-corrected chi connectivity index (χ1v) is 11.8. The van der Waals surface area contributed by atoms with Crippen molar-refractivity contribution in [3.8, 4) is 11.5 Å². The highest BCUT2D eigenvalue weighted by atomic mass is 32.2. The minimum atomic E-state index is -4.19. The van der Waals surface area contributed by atoms with E-state index in [-0.39, 0.29) is 22.9 Å². The Kier molecular flexibility index (Phi) is 7.86. The number of nitrogens with zero attached hydrogens (tertiary/aromatic N) is 1. The maximum atomic E-state index is 13.2. The fourth-order valence-corrected chi connectivity index (χ4v) is 4.40. The molecule has 2 aromatic rings. The molecule has 1 heterocycles. The normalized spacial score (nSPS) is 13.7.